The zero-order valence-electron chi connectivity index (χ0n) is 19.4. The molecule has 1 aromatic heterocycles. The van der Waals surface area contributed by atoms with E-state index in [9.17, 15) is 9.18 Å². The molecule has 7 heteroatoms. The van der Waals surface area contributed by atoms with Crippen LogP contribution in [0, 0.1) is 12.7 Å². The minimum atomic E-state index is -0.520. The van der Waals surface area contributed by atoms with Crippen molar-refractivity contribution < 1.29 is 18.4 Å². The number of carbonyl (C=O) groups is 1. The van der Waals surface area contributed by atoms with Crippen LogP contribution in [0.5, 0.6) is 0 Å². The topological polar surface area (TPSA) is 58.8 Å². The number of hydrogen-bond acceptors (Lipinski definition) is 5. The molecule has 2 heterocycles. The molecule has 0 spiro atoms. The van der Waals surface area contributed by atoms with E-state index in [2.05, 4.69) is 16.1 Å². The molecule has 174 valence electrons. The van der Waals surface area contributed by atoms with Gasteiger partial charge in [-0.05, 0) is 38.5 Å². The van der Waals surface area contributed by atoms with E-state index in [0.717, 1.165) is 23.1 Å². The van der Waals surface area contributed by atoms with Crippen molar-refractivity contribution in [3.8, 4) is 11.3 Å². The summed E-state index contributed by atoms with van der Waals surface area (Å²) >= 11 is 0. The summed E-state index contributed by atoms with van der Waals surface area (Å²) in [6.45, 7) is 8.85. The number of amides is 1. The first-order valence-electron chi connectivity index (χ1n) is 11.4. The molecule has 0 aliphatic carbocycles. The normalized spacial score (nSPS) is 14.8. The summed E-state index contributed by atoms with van der Waals surface area (Å²) < 4.78 is 25.9. The van der Waals surface area contributed by atoms with E-state index in [-0.39, 0.29) is 24.1 Å². The van der Waals surface area contributed by atoms with Gasteiger partial charge in [0.25, 0.3) is 5.91 Å². The van der Waals surface area contributed by atoms with Gasteiger partial charge in [-0.1, -0.05) is 48.0 Å². The lowest BCUT2D eigenvalue weighted by Gasteiger charge is -2.31. The smallest absolute Gasteiger partial charge is 0.257 e. The number of benzene rings is 2. The van der Waals surface area contributed by atoms with E-state index < -0.39 is 5.82 Å². The van der Waals surface area contributed by atoms with Crippen molar-refractivity contribution in [3.63, 3.8) is 0 Å². The predicted molar refractivity (Wildman–Crippen MR) is 126 cm³/mol. The van der Waals surface area contributed by atoms with E-state index in [1.807, 2.05) is 39.0 Å². The van der Waals surface area contributed by atoms with Gasteiger partial charge >= 0.3 is 0 Å². The fraction of sp³-hybridized carbons (Fsp3) is 0.385. The Morgan fingerprint density at radius 3 is 2.64 bits per heavy atom. The lowest BCUT2D eigenvalue weighted by Crippen LogP contribution is -2.40. The molecule has 0 saturated carbocycles. The molecule has 4 rings (SSSR count). The summed E-state index contributed by atoms with van der Waals surface area (Å²) in [5, 5.41) is 4.42. The molecule has 1 atom stereocenters. The highest BCUT2D eigenvalue weighted by molar-refractivity contribution is 5.94. The second-order valence-corrected chi connectivity index (χ2v) is 8.45. The number of nitrogens with zero attached hydrogens (tertiary/aromatic N) is 3. The molecule has 6 nitrogen and oxygen atoms in total. The molecule has 0 bridgehead atoms. The van der Waals surface area contributed by atoms with E-state index in [1.165, 1.54) is 12.1 Å². The van der Waals surface area contributed by atoms with Crippen molar-refractivity contribution in [1.29, 1.82) is 0 Å². The fourth-order valence-corrected chi connectivity index (χ4v) is 4.09. The van der Waals surface area contributed by atoms with Crippen molar-refractivity contribution in [2.24, 2.45) is 0 Å². The Labute approximate surface area is 193 Å². The Hall–Kier alpha value is -3.19. The van der Waals surface area contributed by atoms with Crippen molar-refractivity contribution in [3.05, 3.63) is 71.0 Å². The van der Waals surface area contributed by atoms with Gasteiger partial charge in [0.05, 0.1) is 30.9 Å². The van der Waals surface area contributed by atoms with Crippen molar-refractivity contribution in [2.45, 2.75) is 39.8 Å². The number of aryl methyl sites for hydroxylation is 1. The number of ether oxygens (including phenoxy) is 1. The molecular formula is C26H30FN3O3. The molecule has 0 radical (unpaired) electrons. The number of morpholine rings is 1. The summed E-state index contributed by atoms with van der Waals surface area (Å²) in [5.74, 6) is -0.218. The first kappa shape index (κ1) is 23.0. The van der Waals surface area contributed by atoms with Gasteiger partial charge in [-0.3, -0.25) is 4.79 Å². The second-order valence-electron chi connectivity index (χ2n) is 8.45. The molecule has 1 saturated heterocycles. The van der Waals surface area contributed by atoms with Gasteiger partial charge in [0.1, 0.15) is 11.5 Å². The maximum atomic E-state index is 14.5. The van der Waals surface area contributed by atoms with Gasteiger partial charge < -0.3 is 19.1 Å². The van der Waals surface area contributed by atoms with E-state index >= 15 is 0 Å². The largest absolute Gasteiger partial charge is 0.378 e. The molecular weight excluding hydrogens is 421 g/mol. The molecule has 1 aliphatic heterocycles. The van der Waals surface area contributed by atoms with Crippen LogP contribution in [0.15, 0.2) is 53.1 Å². The summed E-state index contributed by atoms with van der Waals surface area (Å²) in [6, 6.07) is 14.1. The number of carbonyl (C=O) groups excluding carboxylic acids is 1. The van der Waals surface area contributed by atoms with Crippen LogP contribution in [0.4, 0.5) is 10.3 Å². The van der Waals surface area contributed by atoms with E-state index in [1.54, 1.807) is 17.0 Å². The quantitative estimate of drug-likeness (QED) is 0.502. The molecule has 0 N–H and O–H groups in total. The van der Waals surface area contributed by atoms with Crippen LogP contribution in [0.25, 0.3) is 11.3 Å². The Kier molecular flexibility index (Phi) is 7.08. The summed E-state index contributed by atoms with van der Waals surface area (Å²) in [4.78, 5) is 17.3. The standard InChI is InChI=1S/C26H30FN3O3/c1-4-19(3)30(25(31)21-10-5-6-11-23(21)27)17-22-24(20-9-7-8-18(2)16-20)28-33-26(22)29-12-14-32-15-13-29/h5-11,16,19H,4,12-15,17H2,1-3H3. The first-order chi connectivity index (χ1) is 16.0. The molecule has 1 unspecified atom stereocenters. The monoisotopic (exact) mass is 451 g/mol. The van der Waals surface area contributed by atoms with E-state index in [0.29, 0.717) is 37.9 Å². The van der Waals surface area contributed by atoms with Gasteiger partial charge in [-0.2, -0.15) is 0 Å². The van der Waals surface area contributed by atoms with Crippen LogP contribution in [0.1, 0.15) is 41.8 Å². The average molecular weight is 452 g/mol. The zero-order valence-corrected chi connectivity index (χ0v) is 19.4. The number of rotatable bonds is 7. The third kappa shape index (κ3) is 4.93. The maximum absolute atomic E-state index is 14.5. The lowest BCUT2D eigenvalue weighted by atomic mass is 10.0. The second kappa shape index (κ2) is 10.2. The Bertz CT molecular complexity index is 1110. The van der Waals surface area contributed by atoms with Crippen molar-refractivity contribution in [2.75, 3.05) is 31.2 Å². The number of hydrogen-bond donors (Lipinski definition) is 0. The zero-order chi connectivity index (χ0) is 23.4. The SMILES string of the molecule is CCC(C)N(Cc1c(-c2cccc(C)c2)noc1N1CCOCC1)C(=O)c1ccccc1F. The molecule has 33 heavy (non-hydrogen) atoms. The van der Waals surface area contributed by atoms with Crippen molar-refractivity contribution in [1.82, 2.24) is 10.1 Å². The fourth-order valence-electron chi connectivity index (χ4n) is 4.09. The summed E-state index contributed by atoms with van der Waals surface area (Å²) in [5.41, 5.74) is 3.63. The number of halogens is 1. The van der Waals surface area contributed by atoms with Crippen LogP contribution < -0.4 is 4.90 Å². The first-order valence-corrected chi connectivity index (χ1v) is 11.4. The number of aromatic nitrogens is 1. The van der Waals surface area contributed by atoms with Crippen LogP contribution in [-0.2, 0) is 11.3 Å². The average Bonchev–Trinajstić information content (AvgIpc) is 3.26. The molecule has 1 aliphatic rings. The Morgan fingerprint density at radius 2 is 1.94 bits per heavy atom. The van der Waals surface area contributed by atoms with Gasteiger partial charge in [0.15, 0.2) is 0 Å². The molecule has 2 aromatic carbocycles. The minimum Gasteiger partial charge on any atom is -0.378 e. The van der Waals surface area contributed by atoms with Gasteiger partial charge in [0.2, 0.25) is 5.88 Å². The van der Waals surface area contributed by atoms with E-state index in [4.69, 9.17) is 9.26 Å². The van der Waals surface area contributed by atoms with Gasteiger partial charge in [0, 0.05) is 24.7 Å². The molecule has 1 amide bonds. The minimum absolute atomic E-state index is 0.0688. The van der Waals surface area contributed by atoms with Gasteiger partial charge in [-0.15, -0.1) is 0 Å². The highest BCUT2D eigenvalue weighted by Crippen LogP contribution is 2.34. The van der Waals surface area contributed by atoms with Crippen LogP contribution >= 0.6 is 0 Å². The third-order valence-corrected chi connectivity index (χ3v) is 6.17. The van der Waals surface area contributed by atoms with Crippen LogP contribution in [-0.4, -0.2) is 48.3 Å². The van der Waals surface area contributed by atoms with Crippen LogP contribution in [0.2, 0.25) is 0 Å². The summed E-state index contributed by atoms with van der Waals surface area (Å²) in [7, 11) is 0. The third-order valence-electron chi connectivity index (χ3n) is 6.17. The Morgan fingerprint density at radius 1 is 1.18 bits per heavy atom. The predicted octanol–water partition coefficient (Wildman–Crippen LogP) is 5.07. The van der Waals surface area contributed by atoms with Crippen LogP contribution in [0.3, 0.4) is 0 Å². The number of anilines is 1. The maximum Gasteiger partial charge on any atom is 0.257 e. The van der Waals surface area contributed by atoms with Crippen molar-refractivity contribution >= 4 is 11.8 Å². The lowest BCUT2D eigenvalue weighted by molar-refractivity contribution is 0.0666. The summed E-state index contributed by atoms with van der Waals surface area (Å²) in [6.07, 6.45) is 0.734. The Balaban J connectivity index is 1.77. The molecule has 1 fully saturated rings. The highest BCUT2D eigenvalue weighted by atomic mass is 19.1. The van der Waals surface area contributed by atoms with Gasteiger partial charge in [-0.25, -0.2) is 4.39 Å². The highest BCUT2D eigenvalue weighted by Gasteiger charge is 2.30. The molecule has 3 aromatic rings.